The Kier molecular flexibility index (Phi) is 4.83. The van der Waals surface area contributed by atoms with Gasteiger partial charge >= 0.3 is 0 Å². The summed E-state index contributed by atoms with van der Waals surface area (Å²) in [7, 11) is 3.41. The summed E-state index contributed by atoms with van der Waals surface area (Å²) in [5.74, 6) is 2.55. The van der Waals surface area contributed by atoms with Gasteiger partial charge in [0.05, 0.1) is 58.4 Å². The van der Waals surface area contributed by atoms with Crippen LogP contribution in [0.25, 0.3) is 5.70 Å². The molecule has 3 aliphatic rings. The molecule has 6 nitrogen and oxygen atoms in total. The number of hydrazine groups is 1. The van der Waals surface area contributed by atoms with Gasteiger partial charge in [-0.2, -0.15) is 5.01 Å². The number of methoxy groups -OCH3 is 2. The number of hydrogen-bond donors (Lipinski definition) is 2. The molecular formula is C24H30N3O3+. The summed E-state index contributed by atoms with van der Waals surface area (Å²) in [4.78, 5) is 1.63. The van der Waals surface area contributed by atoms with Crippen molar-refractivity contribution in [3.05, 3.63) is 59.7 Å². The van der Waals surface area contributed by atoms with Crippen molar-refractivity contribution in [2.24, 2.45) is 0 Å². The highest BCUT2D eigenvalue weighted by atomic mass is 16.5. The van der Waals surface area contributed by atoms with E-state index in [0.717, 1.165) is 66.5 Å². The Hall–Kier alpha value is -2.70. The molecule has 3 aliphatic heterocycles. The molecule has 2 aromatic rings. The zero-order valence-electron chi connectivity index (χ0n) is 17.9. The lowest BCUT2D eigenvalue weighted by Crippen LogP contribution is -3.13. The van der Waals surface area contributed by atoms with Gasteiger partial charge < -0.3 is 24.5 Å². The van der Waals surface area contributed by atoms with Crippen LogP contribution in [0.4, 0.5) is 0 Å². The Labute approximate surface area is 178 Å². The van der Waals surface area contributed by atoms with E-state index in [0.29, 0.717) is 0 Å². The van der Waals surface area contributed by atoms with Gasteiger partial charge in [0.15, 0.2) is 17.2 Å². The molecule has 0 saturated carbocycles. The van der Waals surface area contributed by atoms with Crippen LogP contribution < -0.4 is 24.5 Å². The maximum Gasteiger partial charge on any atom is 0.191 e. The third-order valence-corrected chi connectivity index (χ3v) is 6.76. The van der Waals surface area contributed by atoms with Gasteiger partial charge in [-0.25, -0.2) is 0 Å². The summed E-state index contributed by atoms with van der Waals surface area (Å²) < 4.78 is 17.8. The molecule has 30 heavy (non-hydrogen) atoms. The average molecular weight is 409 g/mol. The summed E-state index contributed by atoms with van der Waals surface area (Å²) in [6.45, 7) is 5.61. The molecule has 0 aromatic heterocycles. The minimum atomic E-state index is -0.379. The molecule has 5 rings (SSSR count). The number of fused-ring (bicyclic) bond motifs is 4. The molecule has 0 aliphatic carbocycles. The van der Waals surface area contributed by atoms with Gasteiger partial charge in [0.25, 0.3) is 0 Å². The first kappa shape index (κ1) is 19.3. The van der Waals surface area contributed by atoms with Crippen LogP contribution in [0.15, 0.2) is 48.5 Å². The zero-order valence-corrected chi connectivity index (χ0v) is 17.9. The third-order valence-electron chi connectivity index (χ3n) is 6.76. The van der Waals surface area contributed by atoms with Crippen molar-refractivity contribution in [1.82, 2.24) is 10.4 Å². The molecule has 0 radical (unpaired) electrons. The predicted molar refractivity (Wildman–Crippen MR) is 116 cm³/mol. The summed E-state index contributed by atoms with van der Waals surface area (Å²) in [6, 6.07) is 14.5. The topological polar surface area (TPSA) is 47.4 Å². The average Bonchev–Trinajstić information content (AvgIpc) is 3.26. The fraction of sp³-hybridized carbons (Fsp3) is 0.417. The number of quaternary nitrogens is 1. The van der Waals surface area contributed by atoms with E-state index in [4.69, 9.17) is 14.2 Å². The summed E-state index contributed by atoms with van der Waals surface area (Å²) >= 11 is 0. The number of hydrogen-bond acceptors (Lipinski definition) is 5. The molecule has 6 heteroatoms. The van der Waals surface area contributed by atoms with Crippen LogP contribution in [0.5, 0.6) is 17.2 Å². The van der Waals surface area contributed by atoms with Gasteiger partial charge in [-0.15, -0.1) is 0 Å². The third kappa shape index (κ3) is 3.02. The first-order valence-corrected chi connectivity index (χ1v) is 10.8. The van der Waals surface area contributed by atoms with E-state index >= 15 is 0 Å². The van der Waals surface area contributed by atoms with E-state index in [1.165, 1.54) is 0 Å². The lowest BCUT2D eigenvalue weighted by Gasteiger charge is -2.50. The molecule has 1 spiro atoms. The minimum absolute atomic E-state index is 0.101. The van der Waals surface area contributed by atoms with Gasteiger partial charge in [0, 0.05) is 5.56 Å². The fourth-order valence-electron chi connectivity index (χ4n) is 4.95. The van der Waals surface area contributed by atoms with Gasteiger partial charge in [0.2, 0.25) is 0 Å². The molecule has 3 heterocycles. The highest BCUT2D eigenvalue weighted by molar-refractivity contribution is 5.68. The van der Waals surface area contributed by atoms with Crippen molar-refractivity contribution >= 4 is 5.70 Å². The molecule has 1 atom stereocenters. The van der Waals surface area contributed by atoms with E-state index in [2.05, 4.69) is 41.6 Å². The van der Waals surface area contributed by atoms with E-state index in [1.54, 1.807) is 19.1 Å². The fourth-order valence-corrected chi connectivity index (χ4v) is 4.95. The molecule has 2 N–H and O–H groups in total. The lowest BCUT2D eigenvalue weighted by atomic mass is 9.92. The minimum Gasteiger partial charge on any atom is -0.497 e. The maximum atomic E-state index is 6.78. The number of piperidine rings is 1. The largest absolute Gasteiger partial charge is 0.497 e. The van der Waals surface area contributed by atoms with Crippen molar-refractivity contribution < 1.29 is 19.1 Å². The Morgan fingerprint density at radius 1 is 1.10 bits per heavy atom. The van der Waals surface area contributed by atoms with Crippen molar-refractivity contribution in [3.63, 3.8) is 0 Å². The Morgan fingerprint density at radius 2 is 1.87 bits per heavy atom. The van der Waals surface area contributed by atoms with Crippen LogP contribution in [0.1, 0.15) is 36.9 Å². The van der Waals surface area contributed by atoms with Crippen molar-refractivity contribution in [3.8, 4) is 17.2 Å². The van der Waals surface area contributed by atoms with Crippen molar-refractivity contribution in [2.45, 2.75) is 31.5 Å². The number of para-hydroxylation sites is 1. The van der Waals surface area contributed by atoms with Crippen molar-refractivity contribution in [2.75, 3.05) is 33.9 Å². The summed E-state index contributed by atoms with van der Waals surface area (Å²) in [5.41, 5.74) is 6.70. The highest BCUT2D eigenvalue weighted by Crippen LogP contribution is 2.50. The highest BCUT2D eigenvalue weighted by Gasteiger charge is 2.53. The summed E-state index contributed by atoms with van der Waals surface area (Å²) in [6.07, 6.45) is 4.26. The number of nitrogens with zero attached hydrogens (tertiary/aromatic N) is 1. The van der Waals surface area contributed by atoms with Gasteiger partial charge in [-0.1, -0.05) is 12.1 Å². The van der Waals surface area contributed by atoms with Crippen LogP contribution in [0.3, 0.4) is 0 Å². The molecule has 2 aromatic carbocycles. The monoisotopic (exact) mass is 408 g/mol. The van der Waals surface area contributed by atoms with E-state index in [1.807, 2.05) is 24.3 Å². The molecular weight excluding hydrogens is 378 g/mol. The predicted octanol–water partition coefficient (Wildman–Crippen LogP) is 2.39. The SMILES string of the molecule is CC[NH+]1CCC2(CC1)Oc1c(OC)cccc1[C@H]1C=C(c3ccc(OC)cc3)NN12. The van der Waals surface area contributed by atoms with Gasteiger partial charge in [-0.3, -0.25) is 0 Å². The number of rotatable bonds is 4. The van der Waals surface area contributed by atoms with Gasteiger partial charge in [-0.05, 0) is 48.9 Å². The van der Waals surface area contributed by atoms with E-state index in [-0.39, 0.29) is 11.8 Å². The first-order valence-electron chi connectivity index (χ1n) is 10.8. The van der Waals surface area contributed by atoms with Crippen LogP contribution in [0, 0.1) is 0 Å². The van der Waals surface area contributed by atoms with Crippen LogP contribution in [-0.2, 0) is 0 Å². The first-order chi connectivity index (χ1) is 14.7. The van der Waals surface area contributed by atoms with Crippen molar-refractivity contribution in [1.29, 1.82) is 0 Å². The second kappa shape index (κ2) is 7.52. The van der Waals surface area contributed by atoms with Crippen LogP contribution in [0.2, 0.25) is 0 Å². The number of likely N-dealkylation sites (tertiary alicyclic amines) is 1. The second-order valence-corrected chi connectivity index (χ2v) is 8.27. The standard InChI is InChI=1S/C24H29N3O3/c1-4-26-14-12-24(13-15-26)27-21(19-6-5-7-22(29-3)23(19)30-24)16-20(25-27)17-8-10-18(28-2)11-9-17/h5-11,16,21,25H,4,12-15H2,1-3H3/p+1/t21-/m1/s1. The number of nitrogens with one attached hydrogen (secondary N) is 2. The smallest absolute Gasteiger partial charge is 0.191 e. The Balaban J connectivity index is 1.55. The second-order valence-electron chi connectivity index (χ2n) is 8.27. The molecule has 0 unspecified atom stereocenters. The van der Waals surface area contributed by atoms with E-state index in [9.17, 15) is 0 Å². The molecule has 0 bridgehead atoms. The zero-order chi connectivity index (χ0) is 20.7. The molecule has 0 amide bonds. The normalized spacial score (nSPS) is 27.5. The maximum absolute atomic E-state index is 6.78. The number of ether oxygens (including phenoxy) is 3. The van der Waals surface area contributed by atoms with E-state index < -0.39 is 0 Å². The Bertz CT molecular complexity index is 949. The van der Waals surface area contributed by atoms with Crippen LogP contribution >= 0.6 is 0 Å². The number of benzene rings is 2. The summed E-state index contributed by atoms with van der Waals surface area (Å²) in [5, 5.41) is 2.33. The Morgan fingerprint density at radius 3 is 2.53 bits per heavy atom. The lowest BCUT2D eigenvalue weighted by molar-refractivity contribution is -0.906. The quantitative estimate of drug-likeness (QED) is 0.814. The van der Waals surface area contributed by atoms with Gasteiger partial charge in [0.1, 0.15) is 5.75 Å². The molecule has 1 saturated heterocycles. The molecule has 1 fully saturated rings. The van der Waals surface area contributed by atoms with Crippen LogP contribution in [-0.4, -0.2) is 44.6 Å². The molecule has 158 valence electrons.